The average molecular weight is 322 g/mol. The van der Waals surface area contributed by atoms with Crippen LogP contribution in [0.3, 0.4) is 0 Å². The zero-order chi connectivity index (χ0) is 16.8. The molecule has 0 aliphatic carbocycles. The van der Waals surface area contributed by atoms with E-state index in [0.29, 0.717) is 11.1 Å². The monoisotopic (exact) mass is 322 g/mol. The summed E-state index contributed by atoms with van der Waals surface area (Å²) in [5.41, 5.74) is 0.0310. The van der Waals surface area contributed by atoms with E-state index >= 15 is 0 Å². The number of pyridine rings is 1. The highest BCUT2D eigenvalue weighted by atomic mass is 19.4. The maximum Gasteiger partial charge on any atom is 0.416 e. The molecule has 7 heteroatoms. The number of Topliss-reactive ketones (excluding diaryl/α,β-unsaturated/α-hetero) is 1. The Kier molecular flexibility index (Phi) is 3.50. The largest absolute Gasteiger partial charge is 0.416 e. The van der Waals surface area contributed by atoms with Crippen molar-refractivity contribution in [1.82, 2.24) is 4.98 Å². The van der Waals surface area contributed by atoms with Gasteiger partial charge in [-0.2, -0.15) is 17.6 Å². The van der Waals surface area contributed by atoms with Crippen LogP contribution in [-0.4, -0.2) is 23.0 Å². The minimum absolute atomic E-state index is 0.176. The molecule has 0 saturated heterocycles. The van der Waals surface area contributed by atoms with E-state index < -0.39 is 29.5 Å². The van der Waals surface area contributed by atoms with E-state index in [1.807, 2.05) is 0 Å². The molecular weight excluding hydrogens is 312 g/mol. The maximum absolute atomic E-state index is 13.9. The van der Waals surface area contributed by atoms with Crippen LogP contribution in [0.1, 0.15) is 28.4 Å². The molecule has 1 aromatic carbocycles. The molecule has 1 aliphatic heterocycles. The molecule has 0 N–H and O–H groups in total. The van der Waals surface area contributed by atoms with E-state index in [-0.39, 0.29) is 11.1 Å². The molecule has 1 aromatic heterocycles. The quantitative estimate of drug-likeness (QED) is 0.590. The molecule has 1 atom stereocenters. The summed E-state index contributed by atoms with van der Waals surface area (Å²) < 4.78 is 51.7. The molecule has 3 rings (SSSR count). The number of carbonyl (C=O) groups is 1. The molecular formula is C16H10F4N2O. The van der Waals surface area contributed by atoms with E-state index in [1.165, 1.54) is 31.5 Å². The smallest absolute Gasteiger partial charge is 0.292 e. The number of hydrogen-bond donors (Lipinski definition) is 0. The lowest BCUT2D eigenvalue weighted by Gasteiger charge is -2.17. The highest BCUT2D eigenvalue weighted by Crippen LogP contribution is 2.33. The topological polar surface area (TPSA) is 42.3 Å². The van der Waals surface area contributed by atoms with Crippen LogP contribution in [-0.2, 0) is 6.18 Å². The van der Waals surface area contributed by atoms with Gasteiger partial charge >= 0.3 is 6.18 Å². The van der Waals surface area contributed by atoms with E-state index in [1.54, 1.807) is 0 Å². The zero-order valence-electron chi connectivity index (χ0n) is 11.9. The third-order valence-electron chi connectivity index (χ3n) is 3.65. The number of hydrogen-bond acceptors (Lipinski definition) is 3. The molecule has 1 aliphatic rings. The van der Waals surface area contributed by atoms with Gasteiger partial charge in [-0.1, -0.05) is 12.1 Å². The van der Waals surface area contributed by atoms with Crippen LogP contribution in [0.15, 0.2) is 35.5 Å². The normalized spacial score (nSPS) is 17.3. The molecule has 0 fully saturated rings. The lowest BCUT2D eigenvalue weighted by atomic mass is 9.92. The fourth-order valence-corrected chi connectivity index (χ4v) is 2.40. The van der Waals surface area contributed by atoms with Crippen molar-refractivity contribution in [3.8, 4) is 11.1 Å². The molecule has 0 spiro atoms. The van der Waals surface area contributed by atoms with Crippen molar-refractivity contribution in [2.24, 2.45) is 4.99 Å². The molecule has 0 bridgehead atoms. The summed E-state index contributed by atoms with van der Waals surface area (Å²) in [6.07, 6.45) is -1.89. The number of carbonyl (C=O) groups excluding carboxylic acids is 1. The van der Waals surface area contributed by atoms with Gasteiger partial charge in [-0.3, -0.25) is 9.79 Å². The molecule has 1 unspecified atom stereocenters. The molecule has 118 valence electrons. The van der Waals surface area contributed by atoms with Gasteiger partial charge in [0.1, 0.15) is 6.04 Å². The predicted molar refractivity (Wildman–Crippen MR) is 76.0 cm³/mol. The second-order valence-electron chi connectivity index (χ2n) is 5.14. The number of benzene rings is 1. The van der Waals surface area contributed by atoms with E-state index in [9.17, 15) is 22.4 Å². The van der Waals surface area contributed by atoms with Crippen molar-refractivity contribution in [2.45, 2.75) is 19.1 Å². The second kappa shape index (κ2) is 5.26. The fraction of sp³-hybridized carbons (Fsp3) is 0.188. The van der Waals surface area contributed by atoms with Crippen molar-refractivity contribution >= 4 is 12.0 Å². The Bertz CT molecular complexity index is 810. The van der Waals surface area contributed by atoms with Gasteiger partial charge < -0.3 is 0 Å². The van der Waals surface area contributed by atoms with Crippen molar-refractivity contribution < 1.29 is 22.4 Å². The summed E-state index contributed by atoms with van der Waals surface area (Å²) in [6.45, 7) is 1.53. The molecule has 0 radical (unpaired) electrons. The number of ketones is 1. The van der Waals surface area contributed by atoms with Gasteiger partial charge in [-0.05, 0) is 24.6 Å². The first-order valence-corrected chi connectivity index (χ1v) is 6.72. The SMILES string of the molecule is CC1N=Cc2c(-c3ccc(C(F)(F)F)cc3)cnc(F)c2C1=O. The number of nitrogens with zero attached hydrogens (tertiary/aromatic N) is 2. The lowest BCUT2D eigenvalue weighted by Crippen LogP contribution is -2.24. The number of fused-ring (bicyclic) bond motifs is 1. The Morgan fingerprint density at radius 1 is 1.13 bits per heavy atom. The van der Waals surface area contributed by atoms with Crippen molar-refractivity contribution in [2.75, 3.05) is 0 Å². The third-order valence-corrected chi connectivity index (χ3v) is 3.65. The van der Waals surface area contributed by atoms with Crippen LogP contribution in [0.5, 0.6) is 0 Å². The standard InChI is InChI=1S/C16H10F4N2O/c1-8-14(23)13-12(7-21-8)11(6-22-15(13)17)9-2-4-10(5-3-9)16(18,19)20/h2-8H,1H3. The highest BCUT2D eigenvalue weighted by molar-refractivity contribution is 6.12. The van der Waals surface area contributed by atoms with E-state index in [0.717, 1.165) is 12.1 Å². The summed E-state index contributed by atoms with van der Waals surface area (Å²) in [5.74, 6) is -1.40. The molecule has 0 amide bonds. The summed E-state index contributed by atoms with van der Waals surface area (Å²) in [7, 11) is 0. The Morgan fingerprint density at radius 2 is 1.78 bits per heavy atom. The first kappa shape index (κ1) is 15.3. The molecule has 2 heterocycles. The Labute approximate surface area is 128 Å². The molecule has 3 nitrogen and oxygen atoms in total. The average Bonchev–Trinajstić information content (AvgIpc) is 2.50. The Hall–Kier alpha value is -2.57. The minimum Gasteiger partial charge on any atom is -0.292 e. The first-order chi connectivity index (χ1) is 10.8. The summed E-state index contributed by atoms with van der Waals surface area (Å²) in [5, 5.41) is 0. The van der Waals surface area contributed by atoms with Crippen molar-refractivity contribution in [3.05, 3.63) is 53.1 Å². The predicted octanol–water partition coefficient (Wildman–Crippen LogP) is 3.91. The highest BCUT2D eigenvalue weighted by Gasteiger charge is 2.31. The van der Waals surface area contributed by atoms with Crippen LogP contribution in [0, 0.1) is 5.95 Å². The van der Waals surface area contributed by atoms with Gasteiger partial charge in [0.15, 0.2) is 5.78 Å². The fourth-order valence-electron chi connectivity index (χ4n) is 2.40. The number of aliphatic imine (C=N–C) groups is 1. The van der Waals surface area contributed by atoms with Gasteiger partial charge in [-0.25, -0.2) is 4.98 Å². The third kappa shape index (κ3) is 2.62. The van der Waals surface area contributed by atoms with Crippen molar-refractivity contribution in [1.29, 1.82) is 0 Å². The first-order valence-electron chi connectivity index (χ1n) is 6.72. The number of halogens is 4. The van der Waals surface area contributed by atoms with Gasteiger partial charge in [0, 0.05) is 23.5 Å². The number of alkyl halides is 3. The van der Waals surface area contributed by atoms with Crippen LogP contribution < -0.4 is 0 Å². The van der Waals surface area contributed by atoms with Gasteiger partial charge in [0.2, 0.25) is 5.95 Å². The minimum atomic E-state index is -4.44. The van der Waals surface area contributed by atoms with Crippen molar-refractivity contribution in [3.63, 3.8) is 0 Å². The Morgan fingerprint density at radius 3 is 2.39 bits per heavy atom. The summed E-state index contributed by atoms with van der Waals surface area (Å²) in [6, 6.07) is 3.66. The van der Waals surface area contributed by atoms with Gasteiger partial charge in [-0.15, -0.1) is 0 Å². The molecule has 2 aromatic rings. The summed E-state index contributed by atoms with van der Waals surface area (Å²) in [4.78, 5) is 19.6. The number of aromatic nitrogens is 1. The second-order valence-corrected chi connectivity index (χ2v) is 5.14. The maximum atomic E-state index is 13.9. The van der Waals surface area contributed by atoms with E-state index in [4.69, 9.17) is 0 Å². The van der Waals surface area contributed by atoms with Crippen LogP contribution in [0.2, 0.25) is 0 Å². The van der Waals surface area contributed by atoms with E-state index in [2.05, 4.69) is 9.98 Å². The zero-order valence-corrected chi connectivity index (χ0v) is 11.9. The van der Waals surface area contributed by atoms with Crippen LogP contribution in [0.25, 0.3) is 11.1 Å². The molecule has 23 heavy (non-hydrogen) atoms. The van der Waals surface area contributed by atoms with Gasteiger partial charge in [0.25, 0.3) is 0 Å². The Balaban J connectivity index is 2.13. The number of rotatable bonds is 1. The van der Waals surface area contributed by atoms with Crippen LogP contribution >= 0.6 is 0 Å². The molecule has 0 saturated carbocycles. The summed E-state index contributed by atoms with van der Waals surface area (Å²) >= 11 is 0. The van der Waals surface area contributed by atoms with Crippen LogP contribution in [0.4, 0.5) is 17.6 Å². The van der Waals surface area contributed by atoms with Gasteiger partial charge in [0.05, 0.1) is 11.1 Å². The lowest BCUT2D eigenvalue weighted by molar-refractivity contribution is -0.137.